The molecule has 23 heavy (non-hydrogen) atoms. The lowest BCUT2D eigenvalue weighted by Gasteiger charge is -2.34. The predicted octanol–water partition coefficient (Wildman–Crippen LogP) is 3.88. The molecule has 0 unspecified atom stereocenters. The molecule has 1 saturated heterocycles. The van der Waals surface area contributed by atoms with Gasteiger partial charge in [-0.25, -0.2) is 0 Å². The van der Waals surface area contributed by atoms with Crippen molar-refractivity contribution in [1.82, 2.24) is 4.57 Å². The van der Waals surface area contributed by atoms with Gasteiger partial charge in [-0.2, -0.15) is 5.26 Å². The van der Waals surface area contributed by atoms with Crippen molar-refractivity contribution in [2.24, 2.45) is 5.92 Å². The van der Waals surface area contributed by atoms with Crippen LogP contribution in [-0.4, -0.2) is 17.7 Å². The summed E-state index contributed by atoms with van der Waals surface area (Å²) < 4.78 is 1.99. The number of benzene rings is 1. The van der Waals surface area contributed by atoms with Crippen molar-refractivity contribution in [2.45, 2.75) is 26.3 Å². The van der Waals surface area contributed by atoms with E-state index >= 15 is 0 Å². The van der Waals surface area contributed by atoms with Crippen LogP contribution < -0.4 is 10.6 Å². The van der Waals surface area contributed by atoms with Gasteiger partial charge in [0.25, 0.3) is 0 Å². The number of nitrogens with two attached hydrogens (primary N) is 1. The smallest absolute Gasteiger partial charge is 0.133 e. The number of rotatable bonds is 3. The molecular weight excluding hydrogens is 308 g/mol. The van der Waals surface area contributed by atoms with E-state index < -0.39 is 0 Å². The molecule has 4 nitrogen and oxygen atoms in total. The lowest BCUT2D eigenvalue weighted by Crippen LogP contribution is -2.36. The fourth-order valence-corrected chi connectivity index (χ4v) is 3.54. The zero-order valence-electron chi connectivity index (χ0n) is 13.3. The van der Waals surface area contributed by atoms with Gasteiger partial charge < -0.3 is 15.2 Å². The Morgan fingerprint density at radius 3 is 2.87 bits per heavy atom. The second-order valence-electron chi connectivity index (χ2n) is 6.29. The van der Waals surface area contributed by atoms with Gasteiger partial charge in [-0.05, 0) is 36.5 Å². The van der Waals surface area contributed by atoms with Gasteiger partial charge in [-0.3, -0.25) is 0 Å². The summed E-state index contributed by atoms with van der Waals surface area (Å²) in [5.41, 5.74) is 8.48. The number of hydrogen-bond donors (Lipinski definition) is 1. The molecule has 0 radical (unpaired) electrons. The van der Waals surface area contributed by atoms with Crippen molar-refractivity contribution in [3.8, 4) is 6.07 Å². The fourth-order valence-electron chi connectivity index (χ4n) is 3.34. The number of nitrogen functional groups attached to an aromatic ring is 1. The molecule has 2 heterocycles. The lowest BCUT2D eigenvalue weighted by molar-refractivity contribution is 0.441. The van der Waals surface area contributed by atoms with Crippen LogP contribution in [0.25, 0.3) is 0 Å². The molecule has 120 valence electrons. The summed E-state index contributed by atoms with van der Waals surface area (Å²) in [4.78, 5) is 2.31. The molecule has 1 aliphatic heterocycles. The van der Waals surface area contributed by atoms with Crippen LogP contribution in [0, 0.1) is 17.2 Å². The van der Waals surface area contributed by atoms with E-state index in [0.29, 0.717) is 28.9 Å². The van der Waals surface area contributed by atoms with Gasteiger partial charge in [0.15, 0.2) is 0 Å². The quantitative estimate of drug-likeness (QED) is 0.930. The molecule has 0 aliphatic carbocycles. The van der Waals surface area contributed by atoms with Crippen LogP contribution in [-0.2, 0) is 6.54 Å². The van der Waals surface area contributed by atoms with E-state index in [9.17, 15) is 5.26 Å². The van der Waals surface area contributed by atoms with Crippen LogP contribution in [0.1, 0.15) is 31.0 Å². The largest absolute Gasteiger partial charge is 0.396 e. The number of aromatic nitrogens is 1. The minimum atomic E-state index is 0.556. The summed E-state index contributed by atoms with van der Waals surface area (Å²) in [6.07, 6.45) is 2.40. The Morgan fingerprint density at radius 2 is 2.17 bits per heavy atom. The highest BCUT2D eigenvalue weighted by atomic mass is 35.5. The van der Waals surface area contributed by atoms with E-state index in [4.69, 9.17) is 17.3 Å². The van der Waals surface area contributed by atoms with Crippen LogP contribution in [0.15, 0.2) is 30.3 Å². The Bertz CT molecular complexity index is 744. The number of hydrogen-bond acceptors (Lipinski definition) is 3. The maximum atomic E-state index is 9.48. The Kier molecular flexibility index (Phi) is 4.49. The number of halogens is 1. The zero-order chi connectivity index (χ0) is 16.4. The summed E-state index contributed by atoms with van der Waals surface area (Å²) >= 11 is 6.30. The molecule has 2 aromatic rings. The van der Waals surface area contributed by atoms with Crippen molar-refractivity contribution in [3.05, 3.63) is 46.6 Å². The molecule has 0 bridgehead atoms. The topological polar surface area (TPSA) is 58.0 Å². The molecule has 1 aromatic carbocycles. The molecule has 0 spiro atoms. The molecular formula is C18H21ClN4. The normalized spacial score (nSPS) is 18.0. The predicted molar refractivity (Wildman–Crippen MR) is 94.7 cm³/mol. The minimum Gasteiger partial charge on any atom is -0.396 e. The molecule has 1 atom stereocenters. The van der Waals surface area contributed by atoms with Gasteiger partial charge in [0.05, 0.1) is 12.2 Å². The van der Waals surface area contributed by atoms with Gasteiger partial charge in [0.2, 0.25) is 0 Å². The van der Waals surface area contributed by atoms with Gasteiger partial charge in [0.1, 0.15) is 17.6 Å². The summed E-state index contributed by atoms with van der Waals surface area (Å²) in [6, 6.07) is 11.8. The van der Waals surface area contributed by atoms with Crippen LogP contribution in [0.2, 0.25) is 5.02 Å². The van der Waals surface area contributed by atoms with Gasteiger partial charge in [-0.15, -0.1) is 0 Å². The third kappa shape index (κ3) is 3.16. The first-order valence-electron chi connectivity index (χ1n) is 7.97. The second-order valence-corrected chi connectivity index (χ2v) is 6.70. The lowest BCUT2D eigenvalue weighted by atomic mass is 10.0. The summed E-state index contributed by atoms with van der Waals surface area (Å²) in [5.74, 6) is 1.59. The third-order valence-corrected chi connectivity index (χ3v) is 4.82. The van der Waals surface area contributed by atoms with Gasteiger partial charge in [0, 0.05) is 18.1 Å². The molecule has 1 fully saturated rings. The van der Waals surface area contributed by atoms with E-state index in [1.165, 1.54) is 6.42 Å². The monoisotopic (exact) mass is 328 g/mol. The SMILES string of the molecule is C[C@@H]1CCCN(c2c(N)cc(C#N)n2Cc2ccccc2Cl)C1. The molecule has 0 amide bonds. The van der Waals surface area contributed by atoms with E-state index in [2.05, 4.69) is 17.9 Å². The second kappa shape index (κ2) is 6.55. The van der Waals surface area contributed by atoms with Crippen molar-refractivity contribution in [3.63, 3.8) is 0 Å². The van der Waals surface area contributed by atoms with Crippen molar-refractivity contribution in [1.29, 1.82) is 5.26 Å². The minimum absolute atomic E-state index is 0.556. The highest BCUT2D eigenvalue weighted by Crippen LogP contribution is 2.32. The average molecular weight is 329 g/mol. The highest BCUT2D eigenvalue weighted by molar-refractivity contribution is 6.31. The molecule has 5 heteroatoms. The first-order chi connectivity index (χ1) is 11.1. The van der Waals surface area contributed by atoms with Gasteiger partial charge in [-0.1, -0.05) is 36.7 Å². The van der Waals surface area contributed by atoms with E-state index in [-0.39, 0.29) is 0 Å². The van der Waals surface area contributed by atoms with E-state index in [0.717, 1.165) is 30.9 Å². The van der Waals surface area contributed by atoms with Crippen molar-refractivity contribution >= 4 is 23.1 Å². The highest BCUT2D eigenvalue weighted by Gasteiger charge is 2.24. The van der Waals surface area contributed by atoms with Crippen LogP contribution in [0.4, 0.5) is 11.5 Å². The molecule has 2 N–H and O–H groups in total. The Labute approximate surface area is 142 Å². The van der Waals surface area contributed by atoms with E-state index in [1.54, 1.807) is 6.07 Å². The fraction of sp³-hybridized carbons (Fsp3) is 0.389. The zero-order valence-corrected chi connectivity index (χ0v) is 14.1. The standard InChI is InChI=1S/C18H21ClN4/c1-13-5-4-8-22(11-13)18-17(21)9-15(10-20)23(18)12-14-6-2-3-7-16(14)19/h2-3,6-7,9,13H,4-5,8,11-12,21H2,1H3/t13-/m1/s1. The van der Waals surface area contributed by atoms with Crippen molar-refractivity contribution in [2.75, 3.05) is 23.7 Å². The average Bonchev–Trinajstić information content (AvgIpc) is 2.85. The first-order valence-corrected chi connectivity index (χ1v) is 8.35. The van der Waals surface area contributed by atoms with Crippen LogP contribution in [0.3, 0.4) is 0 Å². The number of anilines is 2. The number of nitriles is 1. The molecule has 1 aliphatic rings. The number of piperidine rings is 1. The first kappa shape index (κ1) is 15.8. The summed E-state index contributed by atoms with van der Waals surface area (Å²) in [6.45, 7) is 4.77. The summed E-state index contributed by atoms with van der Waals surface area (Å²) in [7, 11) is 0. The number of nitrogens with zero attached hydrogens (tertiary/aromatic N) is 3. The van der Waals surface area contributed by atoms with E-state index in [1.807, 2.05) is 28.8 Å². The maximum Gasteiger partial charge on any atom is 0.133 e. The molecule has 0 saturated carbocycles. The van der Waals surface area contributed by atoms with Crippen LogP contribution >= 0.6 is 11.6 Å². The maximum absolute atomic E-state index is 9.48. The Morgan fingerprint density at radius 1 is 1.39 bits per heavy atom. The Hall–Kier alpha value is -2.12. The Balaban J connectivity index is 2.01. The van der Waals surface area contributed by atoms with Gasteiger partial charge >= 0.3 is 0 Å². The molecule has 1 aromatic heterocycles. The molecule has 3 rings (SSSR count). The summed E-state index contributed by atoms with van der Waals surface area (Å²) in [5, 5.41) is 10.2. The van der Waals surface area contributed by atoms with Crippen molar-refractivity contribution < 1.29 is 0 Å². The van der Waals surface area contributed by atoms with Crippen LogP contribution in [0.5, 0.6) is 0 Å². The third-order valence-electron chi connectivity index (χ3n) is 4.45.